The summed E-state index contributed by atoms with van der Waals surface area (Å²) in [5, 5.41) is 6.52. The molecule has 0 bridgehead atoms. The summed E-state index contributed by atoms with van der Waals surface area (Å²) in [6.45, 7) is 5.89. The van der Waals surface area contributed by atoms with Gasteiger partial charge in [0.25, 0.3) is 0 Å². The fourth-order valence-corrected chi connectivity index (χ4v) is 0.898. The molecule has 0 aliphatic carbocycles. The lowest BCUT2D eigenvalue weighted by Crippen LogP contribution is -2.40. The Kier molecular flexibility index (Phi) is 3.68. The van der Waals surface area contributed by atoms with Crippen LogP contribution in [0.2, 0.25) is 0 Å². The molecule has 84 valence electrons. The normalized spacial score (nSPS) is 11.1. The summed E-state index contributed by atoms with van der Waals surface area (Å²) >= 11 is 0. The van der Waals surface area contributed by atoms with E-state index in [0.29, 0.717) is 6.54 Å². The Bertz CT molecular complexity index is 302. The van der Waals surface area contributed by atoms with Gasteiger partial charge < -0.3 is 4.74 Å². The number of hydrogen-bond donors (Lipinski definition) is 3. The number of H-pyrrole nitrogens is 1. The van der Waals surface area contributed by atoms with Crippen LogP contribution in [0.1, 0.15) is 26.5 Å². The van der Waals surface area contributed by atoms with Gasteiger partial charge in [0, 0.05) is 6.20 Å². The smallest absolute Gasteiger partial charge is 0.422 e. The van der Waals surface area contributed by atoms with Crippen LogP contribution in [-0.2, 0) is 11.3 Å². The third-order valence-electron chi connectivity index (χ3n) is 1.43. The highest BCUT2D eigenvalue weighted by Gasteiger charge is 2.15. The monoisotopic (exact) mass is 212 g/mol. The summed E-state index contributed by atoms with van der Waals surface area (Å²) in [6, 6.07) is 1.81. The maximum Gasteiger partial charge on any atom is 0.422 e. The van der Waals surface area contributed by atoms with Crippen molar-refractivity contribution in [3.8, 4) is 0 Å². The van der Waals surface area contributed by atoms with Crippen LogP contribution < -0.4 is 10.9 Å². The van der Waals surface area contributed by atoms with E-state index in [2.05, 4.69) is 21.0 Å². The molecule has 0 unspecified atom stereocenters. The van der Waals surface area contributed by atoms with Crippen molar-refractivity contribution >= 4 is 6.09 Å². The lowest BCUT2D eigenvalue weighted by molar-refractivity contribution is 0.0497. The topological polar surface area (TPSA) is 79.0 Å². The summed E-state index contributed by atoms with van der Waals surface area (Å²) in [5.74, 6) is 0. The van der Waals surface area contributed by atoms with E-state index in [4.69, 9.17) is 4.74 Å². The van der Waals surface area contributed by atoms with Crippen LogP contribution in [-0.4, -0.2) is 21.9 Å². The third kappa shape index (κ3) is 5.02. The number of rotatable bonds is 3. The predicted octanol–water partition coefficient (Wildman–Crippen LogP) is 0.939. The average Bonchev–Trinajstić information content (AvgIpc) is 2.53. The molecule has 0 spiro atoms. The Morgan fingerprint density at radius 3 is 2.87 bits per heavy atom. The van der Waals surface area contributed by atoms with Gasteiger partial charge in [0.1, 0.15) is 5.60 Å². The van der Waals surface area contributed by atoms with Gasteiger partial charge in [-0.2, -0.15) is 5.10 Å². The number of ether oxygens (including phenoxy) is 1. The fraction of sp³-hybridized carbons (Fsp3) is 0.556. The first kappa shape index (κ1) is 11.5. The molecule has 1 heterocycles. The second-order valence-corrected chi connectivity index (χ2v) is 4.06. The maximum absolute atomic E-state index is 11.2. The van der Waals surface area contributed by atoms with Crippen molar-refractivity contribution in [1.29, 1.82) is 0 Å². The van der Waals surface area contributed by atoms with Crippen molar-refractivity contribution in [2.75, 3.05) is 0 Å². The van der Waals surface area contributed by atoms with Crippen LogP contribution in [0.3, 0.4) is 0 Å². The molecule has 0 aliphatic heterocycles. The van der Waals surface area contributed by atoms with Crippen LogP contribution in [0.25, 0.3) is 0 Å². The number of carbonyl (C=O) groups excluding carboxylic acids is 1. The Labute approximate surface area is 88.4 Å². The zero-order chi connectivity index (χ0) is 11.3. The Morgan fingerprint density at radius 2 is 2.33 bits per heavy atom. The number of nitrogens with one attached hydrogen (secondary N) is 3. The Hall–Kier alpha value is -1.56. The molecule has 15 heavy (non-hydrogen) atoms. The molecule has 0 saturated heterocycles. The van der Waals surface area contributed by atoms with Crippen LogP contribution in [0.15, 0.2) is 12.3 Å². The van der Waals surface area contributed by atoms with Gasteiger partial charge in [-0.3, -0.25) is 10.5 Å². The Morgan fingerprint density at radius 1 is 1.60 bits per heavy atom. The zero-order valence-corrected chi connectivity index (χ0v) is 9.13. The molecule has 6 heteroatoms. The van der Waals surface area contributed by atoms with E-state index in [1.165, 1.54) is 0 Å². The van der Waals surface area contributed by atoms with E-state index in [1.807, 2.05) is 26.8 Å². The van der Waals surface area contributed by atoms with Crippen LogP contribution in [0.4, 0.5) is 4.79 Å². The van der Waals surface area contributed by atoms with Crippen LogP contribution in [0, 0.1) is 0 Å². The van der Waals surface area contributed by atoms with E-state index < -0.39 is 11.7 Å². The molecule has 0 atom stereocenters. The van der Waals surface area contributed by atoms with Gasteiger partial charge in [-0.1, -0.05) is 0 Å². The molecule has 1 aromatic heterocycles. The van der Waals surface area contributed by atoms with Gasteiger partial charge in [0.2, 0.25) is 0 Å². The van der Waals surface area contributed by atoms with Crippen LogP contribution >= 0.6 is 0 Å². The number of hydrogen-bond acceptors (Lipinski definition) is 4. The summed E-state index contributed by atoms with van der Waals surface area (Å²) in [4.78, 5) is 11.2. The Balaban J connectivity index is 2.18. The van der Waals surface area contributed by atoms with Crippen molar-refractivity contribution in [2.45, 2.75) is 32.9 Å². The van der Waals surface area contributed by atoms with Gasteiger partial charge in [0.05, 0.1) is 12.2 Å². The molecule has 0 aliphatic rings. The minimum Gasteiger partial charge on any atom is -0.443 e. The van der Waals surface area contributed by atoms with E-state index in [1.54, 1.807) is 6.20 Å². The van der Waals surface area contributed by atoms with Crippen molar-refractivity contribution in [2.24, 2.45) is 0 Å². The fourth-order valence-electron chi connectivity index (χ4n) is 0.898. The molecule has 6 nitrogen and oxygen atoms in total. The molecule has 1 amide bonds. The van der Waals surface area contributed by atoms with Gasteiger partial charge in [-0.25, -0.2) is 10.2 Å². The molecule has 0 aromatic carbocycles. The van der Waals surface area contributed by atoms with E-state index >= 15 is 0 Å². The first-order valence-electron chi connectivity index (χ1n) is 4.67. The summed E-state index contributed by atoms with van der Waals surface area (Å²) in [7, 11) is 0. The number of nitrogens with zero attached hydrogens (tertiary/aromatic N) is 1. The van der Waals surface area contributed by atoms with Gasteiger partial charge in [0.15, 0.2) is 0 Å². The highest BCUT2D eigenvalue weighted by Crippen LogP contribution is 2.05. The molecule has 1 aromatic rings. The van der Waals surface area contributed by atoms with Gasteiger partial charge in [-0.15, -0.1) is 0 Å². The number of amides is 1. The minimum absolute atomic E-state index is 0.471. The van der Waals surface area contributed by atoms with Crippen LogP contribution in [0.5, 0.6) is 0 Å². The molecular weight excluding hydrogens is 196 g/mol. The van der Waals surface area contributed by atoms with Gasteiger partial charge >= 0.3 is 6.09 Å². The summed E-state index contributed by atoms with van der Waals surface area (Å²) in [6.07, 6.45) is 1.15. The first-order valence-corrected chi connectivity index (χ1v) is 4.67. The lowest BCUT2D eigenvalue weighted by Gasteiger charge is -2.19. The average molecular weight is 212 g/mol. The number of carbonyl (C=O) groups is 1. The number of hydrazine groups is 1. The quantitative estimate of drug-likeness (QED) is 0.651. The highest BCUT2D eigenvalue weighted by molar-refractivity contribution is 5.66. The highest BCUT2D eigenvalue weighted by atomic mass is 16.6. The molecule has 0 saturated carbocycles. The van der Waals surface area contributed by atoms with Crippen molar-refractivity contribution in [1.82, 2.24) is 21.0 Å². The third-order valence-corrected chi connectivity index (χ3v) is 1.43. The largest absolute Gasteiger partial charge is 0.443 e. The summed E-state index contributed by atoms with van der Waals surface area (Å²) in [5.41, 5.74) is 5.53. The lowest BCUT2D eigenvalue weighted by atomic mass is 10.2. The first-order chi connectivity index (χ1) is 6.97. The number of aromatic nitrogens is 2. The zero-order valence-electron chi connectivity index (χ0n) is 9.13. The van der Waals surface area contributed by atoms with Crippen molar-refractivity contribution in [3.63, 3.8) is 0 Å². The minimum atomic E-state index is -0.498. The van der Waals surface area contributed by atoms with E-state index in [0.717, 1.165) is 5.69 Å². The molecule has 1 rings (SSSR count). The molecule has 0 fully saturated rings. The molecular formula is C9H16N4O2. The standard InChI is InChI=1S/C9H16N4O2/c1-9(2,3)15-8(14)13-11-6-7-4-5-10-12-7/h4-5,11H,6H2,1-3H3,(H,10,12)(H,13,14). The van der Waals surface area contributed by atoms with E-state index in [-0.39, 0.29) is 0 Å². The second-order valence-electron chi connectivity index (χ2n) is 4.06. The van der Waals surface area contributed by atoms with Crippen molar-refractivity contribution < 1.29 is 9.53 Å². The molecule has 0 radical (unpaired) electrons. The van der Waals surface area contributed by atoms with Crippen molar-refractivity contribution in [3.05, 3.63) is 18.0 Å². The maximum atomic E-state index is 11.2. The molecule has 3 N–H and O–H groups in total. The van der Waals surface area contributed by atoms with Gasteiger partial charge in [-0.05, 0) is 26.8 Å². The predicted molar refractivity (Wildman–Crippen MR) is 54.8 cm³/mol. The van der Waals surface area contributed by atoms with E-state index in [9.17, 15) is 4.79 Å². The number of aromatic amines is 1. The SMILES string of the molecule is CC(C)(C)OC(=O)NNCc1ccn[nH]1. The second kappa shape index (κ2) is 4.79. The summed E-state index contributed by atoms with van der Waals surface area (Å²) < 4.78 is 5.02.